The summed E-state index contributed by atoms with van der Waals surface area (Å²) in [5.74, 6) is -8.15. The first kappa shape index (κ1) is 24.3. The summed E-state index contributed by atoms with van der Waals surface area (Å²) in [5.41, 5.74) is 1.09. The molecule has 0 amide bonds. The van der Waals surface area contributed by atoms with Gasteiger partial charge in [0.25, 0.3) is 0 Å². The SMILES string of the molecule is O=C(OC1(OC(=O)C(F)(F)F)CNCCN1C1CCC(c2ccccc2)CC1)C(F)(F)F. The second-order valence-corrected chi connectivity index (χ2v) is 7.77. The predicted molar refractivity (Wildman–Crippen MR) is 98.0 cm³/mol. The first-order valence-electron chi connectivity index (χ1n) is 10.0. The maximum absolute atomic E-state index is 12.9. The van der Waals surface area contributed by atoms with Gasteiger partial charge in [-0.15, -0.1) is 0 Å². The second-order valence-electron chi connectivity index (χ2n) is 7.77. The molecular formula is C20H22F6N2O4. The number of piperazine rings is 1. The molecule has 1 heterocycles. The van der Waals surface area contributed by atoms with Crippen molar-refractivity contribution in [2.45, 2.75) is 55.9 Å². The van der Waals surface area contributed by atoms with Crippen LogP contribution in [0.5, 0.6) is 0 Å². The third-order valence-electron chi connectivity index (χ3n) is 5.69. The lowest BCUT2D eigenvalue weighted by molar-refractivity contribution is -0.326. The van der Waals surface area contributed by atoms with Crippen molar-refractivity contribution in [2.24, 2.45) is 0 Å². The van der Waals surface area contributed by atoms with E-state index in [4.69, 9.17) is 0 Å². The van der Waals surface area contributed by atoms with Gasteiger partial charge in [-0.3, -0.25) is 0 Å². The van der Waals surface area contributed by atoms with E-state index in [1.165, 1.54) is 0 Å². The van der Waals surface area contributed by atoms with Crippen LogP contribution in [0.1, 0.15) is 37.2 Å². The average Bonchev–Trinajstić information content (AvgIpc) is 2.73. The Balaban J connectivity index is 1.83. The van der Waals surface area contributed by atoms with Crippen molar-refractivity contribution >= 4 is 11.9 Å². The van der Waals surface area contributed by atoms with Crippen molar-refractivity contribution in [2.75, 3.05) is 19.6 Å². The third-order valence-corrected chi connectivity index (χ3v) is 5.69. The molecule has 3 rings (SSSR count). The Hall–Kier alpha value is -2.34. The number of ether oxygens (including phenoxy) is 2. The molecule has 1 aliphatic carbocycles. The van der Waals surface area contributed by atoms with Crippen molar-refractivity contribution in [3.05, 3.63) is 35.9 Å². The molecule has 1 aromatic carbocycles. The van der Waals surface area contributed by atoms with Crippen LogP contribution < -0.4 is 5.32 Å². The van der Waals surface area contributed by atoms with Crippen molar-refractivity contribution in [3.63, 3.8) is 0 Å². The largest absolute Gasteiger partial charge is 0.491 e. The summed E-state index contributed by atoms with van der Waals surface area (Å²) in [6.45, 7) is -0.598. The minimum Gasteiger partial charge on any atom is -0.400 e. The summed E-state index contributed by atoms with van der Waals surface area (Å²) in [5, 5.41) is 2.56. The molecule has 1 N–H and O–H groups in total. The third kappa shape index (κ3) is 5.52. The van der Waals surface area contributed by atoms with Crippen LogP contribution in [-0.4, -0.2) is 60.8 Å². The lowest BCUT2D eigenvalue weighted by atomic mass is 9.81. The van der Waals surface area contributed by atoms with Gasteiger partial charge in [-0.05, 0) is 37.2 Å². The zero-order valence-corrected chi connectivity index (χ0v) is 16.8. The number of carbonyl (C=O) groups excluding carboxylic acids is 2. The van der Waals surface area contributed by atoms with Gasteiger partial charge in [0.1, 0.15) is 0 Å². The van der Waals surface area contributed by atoms with Gasteiger partial charge in [-0.25, -0.2) is 14.5 Å². The number of carbonyl (C=O) groups is 2. The number of nitrogens with zero attached hydrogens (tertiary/aromatic N) is 1. The first-order chi connectivity index (χ1) is 14.9. The van der Waals surface area contributed by atoms with Crippen molar-refractivity contribution in [1.29, 1.82) is 0 Å². The average molecular weight is 468 g/mol. The van der Waals surface area contributed by atoms with Gasteiger partial charge in [0.15, 0.2) is 0 Å². The molecule has 0 spiro atoms. The normalized spacial score (nSPS) is 24.6. The van der Waals surface area contributed by atoms with E-state index in [0.29, 0.717) is 25.7 Å². The molecule has 12 heteroatoms. The summed E-state index contributed by atoms with van der Waals surface area (Å²) >= 11 is 0. The van der Waals surface area contributed by atoms with Gasteiger partial charge in [0.05, 0.1) is 6.54 Å². The molecule has 0 unspecified atom stereocenters. The van der Waals surface area contributed by atoms with Gasteiger partial charge in [0.2, 0.25) is 0 Å². The van der Waals surface area contributed by atoms with Crippen LogP contribution in [0.3, 0.4) is 0 Å². The van der Waals surface area contributed by atoms with E-state index in [1.54, 1.807) is 0 Å². The Morgan fingerprint density at radius 2 is 1.44 bits per heavy atom. The summed E-state index contributed by atoms with van der Waals surface area (Å²) in [6.07, 6.45) is -8.90. The fraction of sp³-hybridized carbons (Fsp3) is 0.600. The molecule has 0 bridgehead atoms. The van der Waals surface area contributed by atoms with Crippen LogP contribution in [0.2, 0.25) is 0 Å². The van der Waals surface area contributed by atoms with E-state index in [0.717, 1.165) is 10.5 Å². The highest BCUT2D eigenvalue weighted by molar-refractivity contribution is 5.78. The van der Waals surface area contributed by atoms with Crippen molar-refractivity contribution < 1.29 is 45.4 Å². The summed E-state index contributed by atoms with van der Waals surface area (Å²) < 4.78 is 86.2. The number of nitrogens with one attached hydrogen (secondary N) is 1. The molecule has 2 fully saturated rings. The minimum atomic E-state index is -5.48. The Bertz CT molecular complexity index is 779. The van der Waals surface area contributed by atoms with Crippen LogP contribution in [0.4, 0.5) is 26.3 Å². The number of benzene rings is 1. The van der Waals surface area contributed by atoms with E-state index in [2.05, 4.69) is 14.8 Å². The van der Waals surface area contributed by atoms with Gasteiger partial charge in [-0.1, -0.05) is 30.3 Å². The highest BCUT2D eigenvalue weighted by atomic mass is 19.4. The van der Waals surface area contributed by atoms with Crippen LogP contribution in [0.15, 0.2) is 30.3 Å². The number of rotatable bonds is 4. The standard InChI is InChI=1S/C20H22F6N2O4/c21-19(22,23)16(29)31-18(32-17(30)20(24,25)26)12-27-10-11-28(18)15-8-6-14(7-9-15)13-4-2-1-3-5-13/h1-5,14-15,27H,6-12H2. The molecule has 6 nitrogen and oxygen atoms in total. The highest BCUT2D eigenvalue weighted by Crippen LogP contribution is 2.39. The predicted octanol–water partition coefficient (Wildman–Crippen LogP) is 3.48. The molecule has 1 saturated carbocycles. The Morgan fingerprint density at radius 3 is 1.94 bits per heavy atom. The smallest absolute Gasteiger partial charge is 0.400 e. The van der Waals surface area contributed by atoms with Crippen molar-refractivity contribution in [3.8, 4) is 0 Å². The number of esters is 2. The molecule has 1 aromatic rings. The van der Waals surface area contributed by atoms with E-state index < -0.39 is 42.8 Å². The zero-order valence-electron chi connectivity index (χ0n) is 16.8. The van der Waals surface area contributed by atoms with Crippen LogP contribution in [0.25, 0.3) is 0 Å². The molecule has 2 aliphatic rings. The van der Waals surface area contributed by atoms with Crippen molar-refractivity contribution in [1.82, 2.24) is 10.2 Å². The summed E-state index contributed by atoms with van der Waals surface area (Å²) in [4.78, 5) is 24.3. The van der Waals surface area contributed by atoms with E-state index in [9.17, 15) is 35.9 Å². The molecule has 0 atom stereocenters. The zero-order chi connectivity index (χ0) is 23.6. The van der Waals surface area contributed by atoms with Gasteiger partial charge in [-0.2, -0.15) is 26.3 Å². The van der Waals surface area contributed by atoms with Crippen LogP contribution in [0, 0.1) is 0 Å². The minimum absolute atomic E-state index is 0.0725. The quantitative estimate of drug-likeness (QED) is 0.415. The number of hydrogen-bond donors (Lipinski definition) is 1. The van der Waals surface area contributed by atoms with Gasteiger partial charge >= 0.3 is 30.2 Å². The Morgan fingerprint density at radius 1 is 0.906 bits per heavy atom. The van der Waals surface area contributed by atoms with Gasteiger partial charge in [0, 0.05) is 19.1 Å². The highest BCUT2D eigenvalue weighted by Gasteiger charge is 2.57. The molecular weight excluding hydrogens is 446 g/mol. The van der Waals surface area contributed by atoms with Gasteiger partial charge < -0.3 is 14.8 Å². The Kier molecular flexibility index (Phi) is 7.03. The van der Waals surface area contributed by atoms with E-state index >= 15 is 0 Å². The lowest BCUT2D eigenvalue weighted by Gasteiger charge is -2.49. The van der Waals surface area contributed by atoms with Crippen LogP contribution in [-0.2, 0) is 19.1 Å². The molecule has 178 valence electrons. The maximum Gasteiger partial charge on any atom is 0.491 e. The molecule has 1 aliphatic heterocycles. The maximum atomic E-state index is 12.9. The van der Waals surface area contributed by atoms with E-state index in [1.807, 2.05) is 30.3 Å². The van der Waals surface area contributed by atoms with E-state index in [-0.39, 0.29) is 19.0 Å². The Labute approximate surface area is 179 Å². The molecule has 1 saturated heterocycles. The van der Waals surface area contributed by atoms with Crippen LogP contribution >= 0.6 is 0 Å². The molecule has 0 radical (unpaired) electrons. The second kappa shape index (κ2) is 9.26. The number of hydrogen-bond acceptors (Lipinski definition) is 6. The lowest BCUT2D eigenvalue weighted by Crippen LogP contribution is -2.69. The first-order valence-corrected chi connectivity index (χ1v) is 10.0. The fourth-order valence-corrected chi connectivity index (χ4v) is 4.24. The number of halogens is 6. The molecule has 32 heavy (non-hydrogen) atoms. The number of alkyl halides is 6. The monoisotopic (exact) mass is 468 g/mol. The fourth-order valence-electron chi connectivity index (χ4n) is 4.24. The molecule has 0 aromatic heterocycles. The summed E-state index contributed by atoms with van der Waals surface area (Å²) in [6, 6.07) is 9.01. The topological polar surface area (TPSA) is 67.9 Å². The summed E-state index contributed by atoms with van der Waals surface area (Å²) in [7, 11) is 0.